The van der Waals surface area contributed by atoms with Crippen molar-refractivity contribution in [3.8, 4) is 6.07 Å². The average molecular weight is 225 g/mol. The predicted octanol–water partition coefficient (Wildman–Crippen LogP) is 2.22. The van der Waals surface area contributed by atoms with Crippen molar-refractivity contribution in [1.29, 1.82) is 5.26 Å². The molecular weight excluding hydrogens is 220 g/mol. The van der Waals surface area contributed by atoms with E-state index in [0.29, 0.717) is 5.56 Å². The van der Waals surface area contributed by atoms with Gasteiger partial charge in [-0.2, -0.15) is 10.1 Å². The van der Waals surface area contributed by atoms with E-state index in [1.165, 1.54) is 0 Å². The van der Waals surface area contributed by atoms with Gasteiger partial charge in [0, 0.05) is 5.56 Å². The molecule has 76 valence electrons. The summed E-state index contributed by atoms with van der Waals surface area (Å²) < 4.78 is 3.68. The summed E-state index contributed by atoms with van der Waals surface area (Å²) in [6, 6.07) is 10.3. The lowest BCUT2D eigenvalue weighted by Gasteiger charge is -1.96. The van der Waals surface area contributed by atoms with Crippen LogP contribution in [0.1, 0.15) is 5.56 Å². The molecule has 0 aliphatic carbocycles. The molecule has 0 aliphatic rings. The maximum absolute atomic E-state index is 10.5. The Morgan fingerprint density at radius 2 is 2.07 bits per heavy atom. The van der Waals surface area contributed by atoms with Crippen LogP contribution in [-0.4, -0.2) is 11.9 Å². The van der Waals surface area contributed by atoms with Crippen LogP contribution in [0.2, 0.25) is 0 Å². The number of rotatable bonds is 2. The first kappa shape index (κ1) is 11.0. The fraction of sp³-hybridized carbons (Fsp3) is 0. The van der Waals surface area contributed by atoms with Gasteiger partial charge in [0.1, 0.15) is 17.9 Å². The molecule has 0 saturated heterocycles. The molecule has 0 bridgehead atoms. The van der Waals surface area contributed by atoms with Crippen molar-refractivity contribution in [3.63, 3.8) is 0 Å². The highest BCUT2D eigenvalue weighted by molar-refractivity contribution is 6.13. The van der Waals surface area contributed by atoms with Crippen LogP contribution in [0.25, 0.3) is 0 Å². The molecule has 15 heavy (non-hydrogen) atoms. The summed E-state index contributed by atoms with van der Waals surface area (Å²) in [7, 11) is 0. The number of hydrogen-bond donors (Lipinski definition) is 0. The average Bonchev–Trinajstić information content (AvgIpc) is 2.31. The minimum atomic E-state index is -1.19. The molecule has 0 spiro atoms. The number of halogens is 1. The molecule has 0 amide bonds. The van der Waals surface area contributed by atoms with Gasteiger partial charge < -0.3 is 4.29 Å². The second-order valence-electron chi connectivity index (χ2n) is 2.34. The minimum Gasteiger partial charge on any atom is -0.313 e. The van der Waals surface area contributed by atoms with Crippen molar-refractivity contribution in [2.75, 3.05) is 0 Å². The second-order valence-corrected chi connectivity index (χ2v) is 2.49. The third kappa shape index (κ3) is 3.29. The first-order valence-electron chi connectivity index (χ1n) is 3.81. The van der Waals surface area contributed by atoms with Crippen molar-refractivity contribution in [2.45, 2.75) is 0 Å². The summed E-state index contributed by atoms with van der Waals surface area (Å²) in [4.78, 5) is 14.6. The largest absolute Gasteiger partial charge is 0.554 e. The van der Waals surface area contributed by atoms with Crippen molar-refractivity contribution in [1.82, 2.24) is 0 Å². The van der Waals surface area contributed by atoms with Gasteiger partial charge in [-0.25, -0.2) is 0 Å². The van der Waals surface area contributed by atoms with E-state index in [4.69, 9.17) is 17.1 Å². The first-order chi connectivity index (χ1) is 7.27. The SMILES string of the molecule is N#C/C(=N\OC(=O)OCl)c1ccccc1. The number of benzene rings is 1. The Kier molecular flexibility index (Phi) is 4.13. The predicted molar refractivity (Wildman–Crippen MR) is 52.0 cm³/mol. The maximum Gasteiger partial charge on any atom is 0.554 e. The third-order valence-corrected chi connectivity index (χ3v) is 1.55. The number of oxime groups is 1. The molecule has 1 rings (SSSR count). The topological polar surface area (TPSA) is 71.7 Å². The molecular formula is C9H5ClN2O3. The van der Waals surface area contributed by atoms with Crippen LogP contribution in [-0.2, 0) is 9.13 Å². The lowest BCUT2D eigenvalue weighted by atomic mass is 10.1. The zero-order valence-corrected chi connectivity index (χ0v) is 8.14. The summed E-state index contributed by atoms with van der Waals surface area (Å²) >= 11 is 4.70. The molecule has 0 unspecified atom stereocenters. The molecule has 0 saturated carbocycles. The zero-order chi connectivity index (χ0) is 11.1. The van der Waals surface area contributed by atoms with E-state index in [0.717, 1.165) is 0 Å². The summed E-state index contributed by atoms with van der Waals surface area (Å²) in [6.07, 6.45) is -1.19. The van der Waals surface area contributed by atoms with Crippen LogP contribution in [0.5, 0.6) is 0 Å². The Labute approximate surface area is 90.6 Å². The van der Waals surface area contributed by atoms with Gasteiger partial charge in [0.25, 0.3) is 0 Å². The smallest absolute Gasteiger partial charge is 0.313 e. The Hall–Kier alpha value is -2.06. The van der Waals surface area contributed by atoms with Crippen molar-refractivity contribution in [2.24, 2.45) is 5.16 Å². The van der Waals surface area contributed by atoms with Crippen molar-refractivity contribution >= 4 is 23.7 Å². The van der Waals surface area contributed by atoms with E-state index in [1.807, 2.05) is 0 Å². The highest BCUT2D eigenvalue weighted by Gasteiger charge is 2.05. The lowest BCUT2D eigenvalue weighted by Crippen LogP contribution is -2.02. The van der Waals surface area contributed by atoms with Crippen molar-refractivity contribution in [3.05, 3.63) is 35.9 Å². The Bertz CT molecular complexity index is 411. The lowest BCUT2D eigenvalue weighted by molar-refractivity contribution is 0.106. The number of hydrogen-bond acceptors (Lipinski definition) is 5. The van der Waals surface area contributed by atoms with Crippen LogP contribution in [0.15, 0.2) is 35.5 Å². The fourth-order valence-electron chi connectivity index (χ4n) is 0.831. The number of nitriles is 1. The molecule has 0 aliphatic heterocycles. The summed E-state index contributed by atoms with van der Waals surface area (Å²) in [5.41, 5.74) is 0.486. The van der Waals surface area contributed by atoms with Crippen LogP contribution in [0.4, 0.5) is 4.79 Å². The van der Waals surface area contributed by atoms with Crippen LogP contribution >= 0.6 is 11.9 Å². The first-order valence-corrected chi connectivity index (χ1v) is 4.12. The van der Waals surface area contributed by atoms with Gasteiger partial charge in [-0.1, -0.05) is 35.5 Å². The molecule has 0 aromatic heterocycles. The van der Waals surface area contributed by atoms with Gasteiger partial charge >= 0.3 is 6.16 Å². The molecule has 0 radical (unpaired) electrons. The van der Waals surface area contributed by atoms with Crippen LogP contribution in [0.3, 0.4) is 0 Å². The van der Waals surface area contributed by atoms with E-state index in [2.05, 4.69) is 14.3 Å². The zero-order valence-electron chi connectivity index (χ0n) is 7.38. The summed E-state index contributed by atoms with van der Waals surface area (Å²) in [5, 5.41) is 12.0. The molecule has 0 N–H and O–H groups in total. The van der Waals surface area contributed by atoms with Gasteiger partial charge in [0.2, 0.25) is 0 Å². The fourth-order valence-corrected chi connectivity index (χ4v) is 0.859. The molecule has 1 aromatic rings. The quantitative estimate of drug-likeness (QED) is 0.439. The molecule has 6 heteroatoms. The summed E-state index contributed by atoms with van der Waals surface area (Å²) in [6.45, 7) is 0. The Morgan fingerprint density at radius 3 is 2.60 bits per heavy atom. The van der Waals surface area contributed by atoms with E-state index >= 15 is 0 Å². The van der Waals surface area contributed by atoms with Gasteiger partial charge in [0.15, 0.2) is 5.71 Å². The monoisotopic (exact) mass is 224 g/mol. The van der Waals surface area contributed by atoms with Gasteiger partial charge in [-0.15, -0.1) is 0 Å². The Balaban J connectivity index is 2.82. The summed E-state index contributed by atoms with van der Waals surface area (Å²) in [5.74, 6) is 0. The normalized spacial score (nSPS) is 10.3. The van der Waals surface area contributed by atoms with Crippen LogP contribution in [0, 0.1) is 11.3 Å². The second kappa shape index (κ2) is 5.62. The third-order valence-electron chi connectivity index (χ3n) is 1.43. The highest BCUT2D eigenvalue weighted by Crippen LogP contribution is 2.01. The molecule has 1 aromatic carbocycles. The van der Waals surface area contributed by atoms with E-state index < -0.39 is 6.16 Å². The van der Waals surface area contributed by atoms with E-state index in [9.17, 15) is 4.79 Å². The number of carbonyl (C=O) groups is 1. The number of carbonyl (C=O) groups excluding carboxylic acids is 1. The minimum absolute atomic E-state index is 0.0438. The molecule has 5 nitrogen and oxygen atoms in total. The van der Waals surface area contributed by atoms with E-state index in [1.54, 1.807) is 36.4 Å². The molecule has 0 fully saturated rings. The molecule has 0 heterocycles. The van der Waals surface area contributed by atoms with Crippen molar-refractivity contribution < 1.29 is 13.9 Å². The molecule has 0 atom stereocenters. The standard InChI is InChI=1S/C9H5ClN2O3/c10-14-9(13)15-12-8(6-11)7-4-2-1-3-5-7/h1-5H/b12-8+. The van der Waals surface area contributed by atoms with Crippen LogP contribution < -0.4 is 0 Å². The van der Waals surface area contributed by atoms with E-state index in [-0.39, 0.29) is 5.71 Å². The highest BCUT2D eigenvalue weighted by atomic mass is 35.5. The van der Waals surface area contributed by atoms with Gasteiger partial charge in [-0.3, -0.25) is 4.84 Å². The Morgan fingerprint density at radius 1 is 1.40 bits per heavy atom. The maximum atomic E-state index is 10.5. The van der Waals surface area contributed by atoms with Gasteiger partial charge in [0.05, 0.1) is 0 Å². The van der Waals surface area contributed by atoms with Gasteiger partial charge in [-0.05, 0) is 0 Å². The number of nitrogens with zero attached hydrogens (tertiary/aromatic N) is 2.